The highest BCUT2D eigenvalue weighted by Gasteiger charge is 2.25. The van der Waals surface area contributed by atoms with Crippen LogP contribution in [0.25, 0.3) is 0 Å². The van der Waals surface area contributed by atoms with E-state index in [1.807, 2.05) is 0 Å². The van der Waals surface area contributed by atoms with E-state index in [0.29, 0.717) is 4.47 Å². The first-order chi connectivity index (χ1) is 9.91. The number of para-hydroxylation sites is 1. The van der Waals surface area contributed by atoms with E-state index in [1.54, 1.807) is 0 Å². The molecule has 1 amide bonds. The van der Waals surface area contributed by atoms with Crippen LogP contribution in [0.1, 0.15) is 10.4 Å². The highest BCUT2D eigenvalue weighted by Crippen LogP contribution is 2.29. The van der Waals surface area contributed by atoms with Crippen molar-refractivity contribution >= 4 is 44.8 Å². The molecule has 0 aliphatic heterocycles. The summed E-state index contributed by atoms with van der Waals surface area (Å²) in [6.45, 7) is 0. The van der Waals surface area contributed by atoms with Gasteiger partial charge in [-0.3, -0.25) is 14.9 Å². The fraction of sp³-hybridized carbons (Fsp3) is 0. The maximum Gasteiger partial charge on any atom is 0.319 e. The predicted octanol–water partition coefficient (Wildman–Crippen LogP) is 3.80. The molecular weight excluding hydrogens is 369 g/mol. The molecule has 108 valence electrons. The number of anilines is 1. The lowest BCUT2D eigenvalue weighted by Gasteiger charge is -2.09. The third-order valence-electron chi connectivity index (χ3n) is 2.51. The fourth-order valence-corrected chi connectivity index (χ4v) is 2.25. The first-order valence-electron chi connectivity index (χ1n) is 5.46. The molecule has 0 spiro atoms. The number of nitrogens with zero attached hydrogens (tertiary/aromatic N) is 2. The Balaban J connectivity index is 2.43. The molecule has 0 aliphatic carbocycles. The van der Waals surface area contributed by atoms with Crippen molar-refractivity contribution < 1.29 is 14.1 Å². The van der Waals surface area contributed by atoms with Crippen molar-refractivity contribution in [2.45, 2.75) is 0 Å². The van der Waals surface area contributed by atoms with Crippen LogP contribution in [0.4, 0.5) is 15.8 Å². The Morgan fingerprint density at radius 1 is 1.43 bits per heavy atom. The van der Waals surface area contributed by atoms with E-state index in [-0.39, 0.29) is 11.3 Å². The summed E-state index contributed by atoms with van der Waals surface area (Å²) in [6, 6.07) is 5.25. The summed E-state index contributed by atoms with van der Waals surface area (Å²) in [6.07, 6.45) is 1.15. The molecule has 0 saturated carbocycles. The van der Waals surface area contributed by atoms with E-state index in [0.717, 1.165) is 18.3 Å². The number of hydrogen-bond donors (Lipinski definition) is 1. The topological polar surface area (TPSA) is 85.1 Å². The molecular formula is C12H6BrClFN3O3. The fourth-order valence-electron chi connectivity index (χ4n) is 1.58. The van der Waals surface area contributed by atoms with Crippen LogP contribution in [0.5, 0.6) is 0 Å². The second-order valence-corrected chi connectivity index (χ2v) is 5.02. The molecule has 0 unspecified atom stereocenters. The van der Waals surface area contributed by atoms with Gasteiger partial charge in [-0.25, -0.2) is 9.37 Å². The Kier molecular flexibility index (Phi) is 4.49. The molecule has 0 atom stereocenters. The number of carbonyl (C=O) groups excluding carboxylic acids is 1. The molecule has 6 nitrogen and oxygen atoms in total. The zero-order chi connectivity index (χ0) is 15.6. The Bertz CT molecular complexity index is 721. The lowest BCUT2D eigenvalue weighted by molar-refractivity contribution is -0.385. The number of carbonyl (C=O) groups is 1. The number of aromatic nitrogens is 1. The maximum atomic E-state index is 13.6. The Morgan fingerprint density at radius 3 is 2.76 bits per heavy atom. The number of halogens is 3. The summed E-state index contributed by atoms with van der Waals surface area (Å²) in [5, 5.41) is 12.8. The van der Waals surface area contributed by atoms with Gasteiger partial charge >= 0.3 is 5.69 Å². The molecule has 21 heavy (non-hydrogen) atoms. The van der Waals surface area contributed by atoms with Crippen molar-refractivity contribution in [3.05, 3.63) is 61.6 Å². The van der Waals surface area contributed by atoms with Crippen molar-refractivity contribution in [3.63, 3.8) is 0 Å². The van der Waals surface area contributed by atoms with Crippen LogP contribution in [0.3, 0.4) is 0 Å². The van der Waals surface area contributed by atoms with Gasteiger partial charge in [-0.1, -0.05) is 17.7 Å². The Morgan fingerprint density at radius 2 is 2.14 bits per heavy atom. The Hall–Kier alpha value is -2.06. The number of hydrogen-bond acceptors (Lipinski definition) is 4. The van der Waals surface area contributed by atoms with E-state index in [9.17, 15) is 19.3 Å². The van der Waals surface area contributed by atoms with Crippen molar-refractivity contribution in [2.24, 2.45) is 0 Å². The summed E-state index contributed by atoms with van der Waals surface area (Å²) >= 11 is 8.70. The minimum atomic E-state index is -0.864. The summed E-state index contributed by atoms with van der Waals surface area (Å²) in [5.74, 6) is -1.54. The highest BCUT2D eigenvalue weighted by atomic mass is 79.9. The second-order valence-electron chi connectivity index (χ2n) is 3.81. The summed E-state index contributed by atoms with van der Waals surface area (Å²) in [4.78, 5) is 25.8. The van der Waals surface area contributed by atoms with E-state index < -0.39 is 27.5 Å². The highest BCUT2D eigenvalue weighted by molar-refractivity contribution is 9.10. The third kappa shape index (κ3) is 3.17. The standard InChI is InChI=1S/C12H6BrClFN3O3/c13-7-2-1-3-8(15)9(7)17-12(19)6-4-5-16-11(14)10(6)18(20)21/h1-5H,(H,17,19). The molecule has 0 bridgehead atoms. The van der Waals surface area contributed by atoms with Crippen LogP contribution in [-0.4, -0.2) is 15.8 Å². The zero-order valence-corrected chi connectivity index (χ0v) is 12.5. The van der Waals surface area contributed by atoms with Gasteiger partial charge in [0.25, 0.3) is 5.91 Å². The molecule has 2 aromatic rings. The van der Waals surface area contributed by atoms with Gasteiger partial charge in [-0.2, -0.15) is 0 Å². The number of rotatable bonds is 3. The second kappa shape index (κ2) is 6.15. The first kappa shape index (κ1) is 15.3. The molecule has 1 aromatic carbocycles. The van der Waals surface area contributed by atoms with Crippen LogP contribution in [0.15, 0.2) is 34.9 Å². The van der Waals surface area contributed by atoms with Gasteiger partial charge < -0.3 is 5.32 Å². The summed E-state index contributed by atoms with van der Waals surface area (Å²) < 4.78 is 14.0. The number of pyridine rings is 1. The van der Waals surface area contributed by atoms with Gasteiger partial charge in [0.05, 0.1) is 10.6 Å². The van der Waals surface area contributed by atoms with Crippen LogP contribution in [0, 0.1) is 15.9 Å². The molecule has 2 rings (SSSR count). The molecule has 1 N–H and O–H groups in total. The largest absolute Gasteiger partial charge is 0.319 e. The number of benzene rings is 1. The predicted molar refractivity (Wildman–Crippen MR) is 78.0 cm³/mol. The molecule has 1 aromatic heterocycles. The van der Waals surface area contributed by atoms with Crippen molar-refractivity contribution in [3.8, 4) is 0 Å². The summed E-state index contributed by atoms with van der Waals surface area (Å²) in [5.41, 5.74) is -1.07. The zero-order valence-electron chi connectivity index (χ0n) is 10.1. The smallest absolute Gasteiger partial charge is 0.318 e. The van der Waals surface area contributed by atoms with E-state index in [1.165, 1.54) is 12.1 Å². The van der Waals surface area contributed by atoms with Crippen LogP contribution in [-0.2, 0) is 0 Å². The van der Waals surface area contributed by atoms with Gasteiger partial charge in [-0.15, -0.1) is 0 Å². The summed E-state index contributed by atoms with van der Waals surface area (Å²) in [7, 11) is 0. The monoisotopic (exact) mass is 373 g/mol. The van der Waals surface area contributed by atoms with E-state index in [2.05, 4.69) is 26.2 Å². The minimum Gasteiger partial charge on any atom is -0.318 e. The van der Waals surface area contributed by atoms with E-state index in [4.69, 9.17) is 11.6 Å². The average Bonchev–Trinajstić information content (AvgIpc) is 2.42. The number of amides is 1. The molecule has 0 fully saturated rings. The lowest BCUT2D eigenvalue weighted by atomic mass is 10.2. The van der Waals surface area contributed by atoms with Crippen molar-refractivity contribution in [1.82, 2.24) is 4.98 Å². The lowest BCUT2D eigenvalue weighted by Crippen LogP contribution is -2.15. The average molecular weight is 375 g/mol. The minimum absolute atomic E-state index is 0.121. The van der Waals surface area contributed by atoms with Crippen LogP contribution < -0.4 is 5.32 Å². The number of nitrogens with one attached hydrogen (secondary N) is 1. The van der Waals surface area contributed by atoms with Crippen LogP contribution >= 0.6 is 27.5 Å². The first-order valence-corrected chi connectivity index (χ1v) is 6.63. The third-order valence-corrected chi connectivity index (χ3v) is 3.45. The molecule has 9 heteroatoms. The quantitative estimate of drug-likeness (QED) is 0.503. The van der Waals surface area contributed by atoms with Gasteiger partial charge in [-0.05, 0) is 34.1 Å². The molecule has 0 aliphatic rings. The van der Waals surface area contributed by atoms with Gasteiger partial charge in [0.15, 0.2) is 0 Å². The maximum absolute atomic E-state index is 13.6. The van der Waals surface area contributed by atoms with Crippen molar-refractivity contribution in [1.29, 1.82) is 0 Å². The molecule has 0 saturated heterocycles. The number of nitro groups is 1. The Labute approximate surface area is 131 Å². The van der Waals surface area contributed by atoms with Crippen molar-refractivity contribution in [2.75, 3.05) is 5.32 Å². The van der Waals surface area contributed by atoms with E-state index >= 15 is 0 Å². The molecule has 0 radical (unpaired) electrons. The van der Waals surface area contributed by atoms with Gasteiger partial charge in [0, 0.05) is 10.7 Å². The van der Waals surface area contributed by atoms with Crippen LogP contribution in [0.2, 0.25) is 5.15 Å². The molecule has 1 heterocycles. The van der Waals surface area contributed by atoms with Gasteiger partial charge in [0.1, 0.15) is 11.4 Å². The normalized spacial score (nSPS) is 10.2. The SMILES string of the molecule is O=C(Nc1c(F)cccc1Br)c1ccnc(Cl)c1[N+](=O)[O-]. The van der Waals surface area contributed by atoms with Gasteiger partial charge in [0.2, 0.25) is 5.15 Å².